The minimum atomic E-state index is -4.44. The molecule has 0 aliphatic heterocycles. The SMILES string of the molecule is C=CC(=O)NC(C=Cc1ccccc1)C(C)C(CCC(C)OC(=O)C(=C)C)S(=O)(=O)O.[H-].[Na+]. The molecule has 2 N–H and O–H groups in total. The molecule has 4 unspecified atom stereocenters. The number of ether oxygens (including phenoxy) is 1. The van der Waals surface area contributed by atoms with Gasteiger partial charge in [0.05, 0.1) is 17.4 Å². The van der Waals surface area contributed by atoms with Crippen molar-refractivity contribution < 1.29 is 58.3 Å². The first kappa shape index (κ1) is 30.3. The Balaban J connectivity index is 0. The summed E-state index contributed by atoms with van der Waals surface area (Å²) in [6, 6.07) is 8.62. The van der Waals surface area contributed by atoms with E-state index in [0.29, 0.717) is 0 Å². The van der Waals surface area contributed by atoms with Crippen molar-refractivity contribution in [2.45, 2.75) is 51.0 Å². The fourth-order valence-electron chi connectivity index (χ4n) is 3.01. The van der Waals surface area contributed by atoms with E-state index in [0.717, 1.165) is 11.6 Å². The van der Waals surface area contributed by atoms with Gasteiger partial charge in [0.1, 0.15) is 0 Å². The molecule has 0 fully saturated rings. The summed E-state index contributed by atoms with van der Waals surface area (Å²) < 4.78 is 39.3. The largest absolute Gasteiger partial charge is 1.00 e. The Bertz CT molecular complexity index is 920. The van der Waals surface area contributed by atoms with Crippen LogP contribution in [0, 0.1) is 5.92 Å². The third kappa shape index (κ3) is 10.7. The molecule has 0 saturated carbocycles. The molecule has 0 saturated heterocycles. The molecule has 0 aromatic heterocycles. The van der Waals surface area contributed by atoms with Crippen molar-refractivity contribution in [2.24, 2.45) is 5.92 Å². The Kier molecular flexibility index (Phi) is 13.7. The van der Waals surface area contributed by atoms with Crippen LogP contribution in [0.3, 0.4) is 0 Å². The molecule has 0 radical (unpaired) electrons. The number of nitrogens with one attached hydrogen (secondary N) is 1. The fraction of sp³-hybridized carbons (Fsp3) is 0.391. The number of carbonyl (C=O) groups excluding carboxylic acids is 2. The predicted molar refractivity (Wildman–Crippen MR) is 123 cm³/mol. The Hall–Kier alpha value is -1.71. The van der Waals surface area contributed by atoms with Gasteiger partial charge >= 0.3 is 35.5 Å². The molecular weight excluding hydrogens is 441 g/mol. The minimum Gasteiger partial charge on any atom is -1.00 e. The first-order valence-electron chi connectivity index (χ1n) is 9.94. The summed E-state index contributed by atoms with van der Waals surface area (Å²) in [7, 11) is -4.44. The van der Waals surface area contributed by atoms with Crippen LogP contribution in [-0.2, 0) is 24.4 Å². The van der Waals surface area contributed by atoms with Gasteiger partial charge in [-0.15, -0.1) is 0 Å². The molecule has 0 aliphatic rings. The second-order valence-corrected chi connectivity index (χ2v) is 9.13. The van der Waals surface area contributed by atoms with Gasteiger partial charge < -0.3 is 11.5 Å². The molecule has 172 valence electrons. The molecule has 1 aromatic carbocycles. The van der Waals surface area contributed by atoms with Crippen molar-refractivity contribution in [3.63, 3.8) is 0 Å². The van der Waals surface area contributed by atoms with Crippen molar-refractivity contribution >= 4 is 28.1 Å². The van der Waals surface area contributed by atoms with Crippen molar-refractivity contribution in [1.82, 2.24) is 5.32 Å². The van der Waals surface area contributed by atoms with E-state index in [4.69, 9.17) is 4.74 Å². The van der Waals surface area contributed by atoms with Gasteiger partial charge in [0.25, 0.3) is 10.1 Å². The van der Waals surface area contributed by atoms with Crippen LogP contribution in [0.15, 0.2) is 61.2 Å². The van der Waals surface area contributed by atoms with Crippen molar-refractivity contribution in [1.29, 1.82) is 0 Å². The van der Waals surface area contributed by atoms with E-state index < -0.39 is 45.3 Å². The summed E-state index contributed by atoms with van der Waals surface area (Å²) in [6.45, 7) is 11.7. The van der Waals surface area contributed by atoms with E-state index in [1.807, 2.05) is 30.3 Å². The van der Waals surface area contributed by atoms with E-state index >= 15 is 0 Å². The van der Waals surface area contributed by atoms with Crippen LogP contribution in [0.4, 0.5) is 0 Å². The van der Waals surface area contributed by atoms with Crippen LogP contribution >= 0.6 is 0 Å². The van der Waals surface area contributed by atoms with Gasteiger partial charge in [0.15, 0.2) is 0 Å². The summed E-state index contributed by atoms with van der Waals surface area (Å²) in [4.78, 5) is 23.6. The maximum atomic E-state index is 12.1. The molecule has 7 nitrogen and oxygen atoms in total. The molecule has 9 heteroatoms. The van der Waals surface area contributed by atoms with Crippen LogP contribution in [-0.4, -0.2) is 42.2 Å². The van der Waals surface area contributed by atoms with E-state index in [1.54, 1.807) is 26.0 Å². The summed E-state index contributed by atoms with van der Waals surface area (Å²) in [6.07, 6.45) is 4.22. The molecule has 0 spiro atoms. The van der Waals surface area contributed by atoms with Crippen LogP contribution in [0.5, 0.6) is 0 Å². The van der Waals surface area contributed by atoms with Crippen molar-refractivity contribution in [2.75, 3.05) is 0 Å². The number of amides is 1. The Morgan fingerprint density at radius 2 is 1.81 bits per heavy atom. The zero-order valence-electron chi connectivity index (χ0n) is 20.2. The van der Waals surface area contributed by atoms with Crippen LogP contribution in [0.25, 0.3) is 6.08 Å². The van der Waals surface area contributed by atoms with E-state index in [2.05, 4.69) is 18.5 Å². The minimum absolute atomic E-state index is 0. The number of rotatable bonds is 12. The molecule has 1 rings (SSSR count). The number of carbonyl (C=O) groups is 2. The maximum absolute atomic E-state index is 12.1. The molecule has 0 bridgehead atoms. The first-order chi connectivity index (χ1) is 14.5. The number of esters is 1. The quantitative estimate of drug-likeness (QED) is 0.200. The van der Waals surface area contributed by atoms with Crippen LogP contribution in [0.1, 0.15) is 40.6 Å². The fourth-order valence-corrected chi connectivity index (χ4v) is 4.16. The topological polar surface area (TPSA) is 110 Å². The summed E-state index contributed by atoms with van der Waals surface area (Å²) in [5.41, 5.74) is 1.11. The third-order valence-corrected chi connectivity index (χ3v) is 6.27. The monoisotopic (exact) mass is 473 g/mol. The molecule has 32 heavy (non-hydrogen) atoms. The van der Waals surface area contributed by atoms with Crippen LogP contribution < -0.4 is 34.9 Å². The number of hydrogen-bond acceptors (Lipinski definition) is 5. The molecule has 0 heterocycles. The normalized spacial score (nSPS) is 15.0. The molecule has 4 atom stereocenters. The second-order valence-electron chi connectivity index (χ2n) is 7.49. The van der Waals surface area contributed by atoms with Gasteiger partial charge in [-0.05, 0) is 44.2 Å². The van der Waals surface area contributed by atoms with E-state index in [-0.39, 0.29) is 49.4 Å². The zero-order valence-corrected chi connectivity index (χ0v) is 22.0. The second kappa shape index (κ2) is 14.4. The molecule has 1 aromatic rings. The zero-order chi connectivity index (χ0) is 23.6. The van der Waals surface area contributed by atoms with Crippen LogP contribution in [0.2, 0.25) is 0 Å². The molecule has 1 amide bonds. The maximum Gasteiger partial charge on any atom is 1.00 e. The summed E-state index contributed by atoms with van der Waals surface area (Å²) in [5.74, 6) is -1.71. The van der Waals surface area contributed by atoms with Crippen molar-refractivity contribution in [3.8, 4) is 0 Å². The Morgan fingerprint density at radius 3 is 2.31 bits per heavy atom. The van der Waals surface area contributed by atoms with E-state index in [9.17, 15) is 22.6 Å². The average Bonchev–Trinajstić information content (AvgIpc) is 2.70. The standard InChI is InChI=1S/C23H31NO6S.Na.H/c1-6-22(25)24-20(14-13-19-10-8-7-9-11-19)18(5)21(31(27,28)29)15-12-17(4)30-23(26)16(2)3;;/h6-11,13-14,17-18,20-21H,1-2,12,15H2,3-5H3,(H,24,25)(H,27,28,29);;/q;+1;-1. The van der Waals surface area contributed by atoms with Gasteiger partial charge in [0.2, 0.25) is 5.91 Å². The predicted octanol–water partition coefficient (Wildman–Crippen LogP) is 0.668. The van der Waals surface area contributed by atoms with Gasteiger partial charge in [0, 0.05) is 5.57 Å². The number of benzene rings is 1. The van der Waals surface area contributed by atoms with Gasteiger partial charge in [-0.2, -0.15) is 8.42 Å². The first-order valence-corrected chi connectivity index (χ1v) is 11.4. The smallest absolute Gasteiger partial charge is 1.00 e. The third-order valence-electron chi connectivity index (χ3n) is 4.84. The Morgan fingerprint density at radius 1 is 1.22 bits per heavy atom. The van der Waals surface area contributed by atoms with Crippen molar-refractivity contribution in [3.05, 3.63) is 66.8 Å². The summed E-state index contributed by atoms with van der Waals surface area (Å²) >= 11 is 0. The van der Waals surface area contributed by atoms with Gasteiger partial charge in [-0.3, -0.25) is 9.35 Å². The summed E-state index contributed by atoms with van der Waals surface area (Å²) in [5, 5.41) is 1.52. The average molecular weight is 474 g/mol. The Labute approximate surface area is 214 Å². The van der Waals surface area contributed by atoms with Gasteiger partial charge in [-0.1, -0.05) is 62.6 Å². The van der Waals surface area contributed by atoms with E-state index in [1.165, 1.54) is 6.92 Å². The number of hydrogen-bond donors (Lipinski definition) is 2. The molecular formula is C23H32NNaO6S. The van der Waals surface area contributed by atoms with Gasteiger partial charge in [-0.25, -0.2) is 4.79 Å². The molecule has 0 aliphatic carbocycles.